The summed E-state index contributed by atoms with van der Waals surface area (Å²) in [4.78, 5) is 25.9. The first-order chi connectivity index (χ1) is 15.2. The normalized spacial score (nSPS) is 32.6. The van der Waals surface area contributed by atoms with E-state index < -0.39 is 0 Å². The Morgan fingerprint density at radius 1 is 1.06 bits per heavy atom. The molecule has 3 aliphatic rings. The van der Waals surface area contributed by atoms with Crippen LogP contribution in [0.4, 0.5) is 0 Å². The monoisotopic (exact) mass is 431 g/mol. The van der Waals surface area contributed by atoms with E-state index in [1.165, 1.54) is 36.5 Å². The van der Waals surface area contributed by atoms with E-state index in [9.17, 15) is 9.59 Å². The van der Waals surface area contributed by atoms with Crippen LogP contribution < -0.4 is 5.32 Å². The predicted molar refractivity (Wildman–Crippen MR) is 130 cm³/mol. The van der Waals surface area contributed by atoms with Gasteiger partial charge in [0.25, 0.3) is 0 Å². The second-order valence-electron chi connectivity index (χ2n) is 10.7. The third kappa shape index (κ3) is 4.14. The van der Waals surface area contributed by atoms with Gasteiger partial charge in [0.15, 0.2) is 5.78 Å². The summed E-state index contributed by atoms with van der Waals surface area (Å²) in [6.07, 6.45) is 11.7. The van der Waals surface area contributed by atoms with E-state index in [1.54, 1.807) is 6.08 Å². The van der Waals surface area contributed by atoms with Crippen LogP contribution in [-0.4, -0.2) is 18.1 Å². The van der Waals surface area contributed by atoms with Gasteiger partial charge in [0.2, 0.25) is 5.78 Å². The number of Topliss-reactive ketones (excluding diaryl/α,β-unsaturated/α-hetero) is 1. The Labute approximate surface area is 193 Å². The third-order valence-corrected chi connectivity index (χ3v) is 8.88. The van der Waals surface area contributed by atoms with Crippen LogP contribution in [0.5, 0.6) is 0 Å². The van der Waals surface area contributed by atoms with Gasteiger partial charge in [-0.2, -0.15) is 0 Å². The van der Waals surface area contributed by atoms with Crippen molar-refractivity contribution >= 4 is 11.6 Å². The van der Waals surface area contributed by atoms with E-state index in [1.807, 2.05) is 18.2 Å². The molecule has 0 aromatic heterocycles. The predicted octanol–water partition coefficient (Wildman–Crippen LogP) is 5.97. The molecule has 1 fully saturated rings. The van der Waals surface area contributed by atoms with Gasteiger partial charge in [-0.15, -0.1) is 0 Å². The van der Waals surface area contributed by atoms with E-state index >= 15 is 0 Å². The molecule has 0 amide bonds. The summed E-state index contributed by atoms with van der Waals surface area (Å²) in [5.41, 5.74) is 4.08. The Balaban J connectivity index is 1.50. The summed E-state index contributed by atoms with van der Waals surface area (Å²) in [5.74, 6) is 0.987. The largest absolute Gasteiger partial charge is 0.381 e. The zero-order valence-electron chi connectivity index (χ0n) is 20.0. The maximum absolute atomic E-state index is 13.4. The SMILES string of the molecule is CC1=CCCC2C1(C)CCC(C)C2(C)CC1=CC(=O)C=C(NCCc2ccccc2)C1=O. The molecule has 3 heteroatoms. The van der Waals surface area contributed by atoms with Crippen LogP contribution in [0.25, 0.3) is 0 Å². The van der Waals surface area contributed by atoms with Crippen molar-refractivity contribution < 1.29 is 9.59 Å². The molecule has 0 saturated heterocycles. The number of fused-ring (bicyclic) bond motifs is 1. The summed E-state index contributed by atoms with van der Waals surface area (Å²) in [7, 11) is 0. The number of ketones is 2. The van der Waals surface area contributed by atoms with E-state index in [0.29, 0.717) is 36.1 Å². The average molecular weight is 432 g/mol. The summed E-state index contributed by atoms with van der Waals surface area (Å²) in [6, 6.07) is 10.2. The first kappa shape index (κ1) is 22.8. The van der Waals surface area contributed by atoms with Crippen LogP contribution in [0, 0.1) is 22.7 Å². The Morgan fingerprint density at radius 2 is 1.81 bits per heavy atom. The van der Waals surface area contributed by atoms with E-state index in [0.717, 1.165) is 12.8 Å². The summed E-state index contributed by atoms with van der Waals surface area (Å²) in [5, 5.41) is 3.25. The van der Waals surface area contributed by atoms with E-state index in [-0.39, 0.29) is 22.4 Å². The topological polar surface area (TPSA) is 46.2 Å². The number of carbonyl (C=O) groups excluding carboxylic acids is 2. The third-order valence-electron chi connectivity index (χ3n) is 8.88. The van der Waals surface area contributed by atoms with Gasteiger partial charge >= 0.3 is 0 Å². The van der Waals surface area contributed by atoms with Crippen LogP contribution >= 0.6 is 0 Å². The van der Waals surface area contributed by atoms with Crippen molar-refractivity contribution in [2.75, 3.05) is 6.54 Å². The summed E-state index contributed by atoms with van der Waals surface area (Å²) >= 11 is 0. The highest BCUT2D eigenvalue weighted by Gasteiger charge is 2.53. The highest BCUT2D eigenvalue weighted by atomic mass is 16.1. The van der Waals surface area contributed by atoms with Crippen molar-refractivity contribution in [3.8, 4) is 0 Å². The molecular weight excluding hydrogens is 394 g/mol. The molecule has 1 saturated carbocycles. The van der Waals surface area contributed by atoms with Gasteiger partial charge in [-0.1, -0.05) is 62.8 Å². The van der Waals surface area contributed by atoms with Gasteiger partial charge in [0.1, 0.15) is 0 Å². The molecule has 4 unspecified atom stereocenters. The van der Waals surface area contributed by atoms with Crippen LogP contribution in [0.1, 0.15) is 65.4 Å². The van der Waals surface area contributed by atoms with Gasteiger partial charge in [0, 0.05) is 18.2 Å². The van der Waals surface area contributed by atoms with Crippen LogP contribution in [0.3, 0.4) is 0 Å². The minimum absolute atomic E-state index is 0.00133. The first-order valence-electron chi connectivity index (χ1n) is 12.2. The van der Waals surface area contributed by atoms with Gasteiger partial charge in [-0.25, -0.2) is 0 Å². The van der Waals surface area contributed by atoms with Crippen LogP contribution in [0.15, 0.2) is 65.4 Å². The van der Waals surface area contributed by atoms with Crippen LogP contribution in [-0.2, 0) is 16.0 Å². The second kappa shape index (κ2) is 8.84. The fraction of sp³-hybridized carbons (Fsp3) is 0.517. The van der Waals surface area contributed by atoms with E-state index in [2.05, 4.69) is 51.2 Å². The number of nitrogens with one attached hydrogen (secondary N) is 1. The lowest BCUT2D eigenvalue weighted by Gasteiger charge is -2.58. The fourth-order valence-corrected chi connectivity index (χ4v) is 6.53. The standard InChI is InChI=1S/C29H37NO2/c1-20-9-8-12-26-28(20,3)15-13-21(2)29(26,4)19-23-17-24(31)18-25(27(23)32)30-16-14-22-10-6-5-7-11-22/h5-7,9-11,17-18,21,26,30H,8,12-16,19H2,1-4H3. The molecule has 0 heterocycles. The van der Waals surface area contributed by atoms with Gasteiger partial charge in [-0.05, 0) is 79.8 Å². The van der Waals surface area contributed by atoms with E-state index in [4.69, 9.17) is 0 Å². The number of carbonyl (C=O) groups is 2. The lowest BCUT2D eigenvalue weighted by molar-refractivity contribution is -0.116. The second-order valence-corrected chi connectivity index (χ2v) is 10.7. The molecular formula is C29H37NO2. The van der Waals surface area contributed by atoms with Crippen LogP contribution in [0.2, 0.25) is 0 Å². The number of benzene rings is 1. The smallest absolute Gasteiger partial charge is 0.205 e. The molecule has 3 aliphatic carbocycles. The Hall–Kier alpha value is -2.42. The molecule has 0 radical (unpaired) electrons. The molecule has 4 rings (SSSR count). The Bertz CT molecular complexity index is 986. The lowest BCUT2D eigenvalue weighted by Crippen LogP contribution is -2.50. The highest BCUT2D eigenvalue weighted by molar-refractivity contribution is 6.20. The van der Waals surface area contributed by atoms with Crippen molar-refractivity contribution in [1.29, 1.82) is 0 Å². The minimum Gasteiger partial charge on any atom is -0.381 e. The maximum atomic E-state index is 13.4. The Morgan fingerprint density at radius 3 is 2.56 bits per heavy atom. The Kier molecular flexibility index (Phi) is 6.29. The van der Waals surface area contributed by atoms with Gasteiger partial charge in [-0.3, -0.25) is 9.59 Å². The van der Waals surface area contributed by atoms with Gasteiger partial charge in [0.05, 0.1) is 5.70 Å². The molecule has 1 N–H and O–H groups in total. The minimum atomic E-state index is -0.0728. The zero-order valence-corrected chi connectivity index (χ0v) is 20.0. The molecule has 0 bridgehead atoms. The number of hydrogen-bond acceptors (Lipinski definition) is 3. The summed E-state index contributed by atoms with van der Waals surface area (Å²) in [6.45, 7) is 10.1. The summed E-state index contributed by atoms with van der Waals surface area (Å²) < 4.78 is 0. The number of rotatable bonds is 6. The fourth-order valence-electron chi connectivity index (χ4n) is 6.53. The first-order valence-corrected chi connectivity index (χ1v) is 12.2. The molecule has 3 nitrogen and oxygen atoms in total. The number of hydrogen-bond donors (Lipinski definition) is 1. The molecule has 170 valence electrons. The lowest BCUT2D eigenvalue weighted by atomic mass is 9.46. The molecule has 0 spiro atoms. The molecule has 1 aromatic carbocycles. The van der Waals surface area contributed by atoms with Crippen molar-refractivity contribution in [2.24, 2.45) is 22.7 Å². The molecule has 1 aromatic rings. The quantitative estimate of drug-likeness (QED) is 0.446. The molecule has 32 heavy (non-hydrogen) atoms. The molecule has 4 atom stereocenters. The number of allylic oxidation sites excluding steroid dienone is 5. The zero-order chi connectivity index (χ0) is 22.9. The van der Waals surface area contributed by atoms with Crippen molar-refractivity contribution in [3.63, 3.8) is 0 Å². The molecule has 0 aliphatic heterocycles. The van der Waals surface area contributed by atoms with Crippen molar-refractivity contribution in [2.45, 2.75) is 66.2 Å². The van der Waals surface area contributed by atoms with Crippen molar-refractivity contribution in [3.05, 3.63) is 71.0 Å². The highest BCUT2D eigenvalue weighted by Crippen LogP contribution is 2.62. The van der Waals surface area contributed by atoms with Crippen molar-refractivity contribution in [1.82, 2.24) is 5.32 Å². The van der Waals surface area contributed by atoms with Gasteiger partial charge < -0.3 is 5.32 Å². The average Bonchev–Trinajstić information content (AvgIpc) is 2.77. The maximum Gasteiger partial charge on any atom is 0.205 e.